The lowest BCUT2D eigenvalue weighted by molar-refractivity contribution is -0.274. The quantitative estimate of drug-likeness (QED) is 0.249. The Kier molecular flexibility index (Phi) is 8.59. The third-order valence-electron chi connectivity index (χ3n) is 6.37. The molecule has 1 saturated heterocycles. The number of aryl methyl sites for hydroxylation is 2. The van der Waals surface area contributed by atoms with Crippen LogP contribution in [0.25, 0.3) is 17.1 Å². The number of ether oxygens (including phenoxy) is 1. The number of nitrogens with one attached hydrogen (secondary N) is 1. The van der Waals surface area contributed by atoms with Crippen LogP contribution in [0.5, 0.6) is 5.75 Å². The summed E-state index contributed by atoms with van der Waals surface area (Å²) in [5.74, 6) is 0.427. The van der Waals surface area contributed by atoms with Gasteiger partial charge in [0, 0.05) is 12.1 Å². The average molecular weight is 611 g/mol. The topological polar surface area (TPSA) is 84.6 Å². The van der Waals surface area contributed by atoms with E-state index < -0.39 is 6.36 Å². The standard InChI is InChI=1S/C29H25F3N6O2S2/c1-3-20-6-4-5-18(2)25(20)38-24(39)16-42-28(38)35-27(41)33-15-19-7-9-21(10-8-19)26-34-17-37(36-26)22-11-13-23(14-12-22)40-29(30,31)32/h4-14,17H,3,15-16H2,1-2H3,(H,33,41)/b35-28-. The van der Waals surface area contributed by atoms with E-state index in [1.807, 2.05) is 49.4 Å². The zero-order chi connectivity index (χ0) is 29.9. The number of carbonyl (C=O) groups is 1. The van der Waals surface area contributed by atoms with Gasteiger partial charge in [-0.25, -0.2) is 9.67 Å². The lowest BCUT2D eigenvalue weighted by Crippen LogP contribution is -2.32. The summed E-state index contributed by atoms with van der Waals surface area (Å²) in [6.45, 7) is 4.46. The Morgan fingerprint density at radius 3 is 2.55 bits per heavy atom. The summed E-state index contributed by atoms with van der Waals surface area (Å²) >= 11 is 6.84. The molecule has 1 aliphatic rings. The Balaban J connectivity index is 1.22. The predicted octanol–water partition coefficient (Wildman–Crippen LogP) is 6.21. The second kappa shape index (κ2) is 12.3. The third kappa shape index (κ3) is 6.80. The molecule has 0 spiro atoms. The molecular formula is C29H25F3N6O2S2. The first kappa shape index (κ1) is 29.3. The number of aromatic nitrogens is 3. The first-order valence-corrected chi connectivity index (χ1v) is 14.3. The van der Waals surface area contributed by atoms with Gasteiger partial charge in [0.2, 0.25) is 5.91 Å². The van der Waals surface area contributed by atoms with E-state index in [0.717, 1.165) is 34.4 Å². The van der Waals surface area contributed by atoms with E-state index in [1.54, 1.807) is 4.90 Å². The first-order chi connectivity index (χ1) is 20.1. The molecule has 0 bridgehead atoms. The van der Waals surface area contributed by atoms with Gasteiger partial charge in [0.05, 0.1) is 17.1 Å². The molecule has 216 valence electrons. The molecule has 8 nitrogen and oxygen atoms in total. The predicted molar refractivity (Wildman–Crippen MR) is 161 cm³/mol. The van der Waals surface area contributed by atoms with Crippen molar-refractivity contribution in [2.45, 2.75) is 33.2 Å². The van der Waals surface area contributed by atoms with Crippen LogP contribution in [-0.2, 0) is 17.8 Å². The van der Waals surface area contributed by atoms with Crippen molar-refractivity contribution in [2.75, 3.05) is 10.7 Å². The van der Waals surface area contributed by atoms with Gasteiger partial charge in [-0.05, 0) is 66.5 Å². The Bertz CT molecular complexity index is 1640. The van der Waals surface area contributed by atoms with Gasteiger partial charge in [0.1, 0.15) is 12.1 Å². The molecule has 1 N–H and O–H groups in total. The van der Waals surface area contributed by atoms with Gasteiger partial charge in [-0.1, -0.05) is 61.2 Å². The number of aliphatic imine (C=N–C) groups is 1. The molecule has 1 aromatic heterocycles. The molecule has 1 amide bonds. The van der Waals surface area contributed by atoms with Gasteiger partial charge in [0.15, 0.2) is 16.1 Å². The summed E-state index contributed by atoms with van der Waals surface area (Å²) < 4.78 is 42.6. The van der Waals surface area contributed by atoms with Crippen LogP contribution in [0.4, 0.5) is 18.9 Å². The molecule has 2 heterocycles. The molecule has 1 fully saturated rings. The highest BCUT2D eigenvalue weighted by atomic mass is 32.2. The summed E-state index contributed by atoms with van der Waals surface area (Å²) in [5.41, 5.74) is 5.19. The van der Waals surface area contributed by atoms with Crippen LogP contribution in [-0.4, -0.2) is 43.1 Å². The van der Waals surface area contributed by atoms with Crippen molar-refractivity contribution in [3.8, 4) is 22.8 Å². The van der Waals surface area contributed by atoms with Crippen molar-refractivity contribution in [2.24, 2.45) is 4.99 Å². The summed E-state index contributed by atoms with van der Waals surface area (Å²) in [6, 6.07) is 18.9. The maximum absolute atomic E-state index is 12.8. The minimum absolute atomic E-state index is 0.0234. The number of thiocarbonyl (C=S) groups is 1. The number of hydrogen-bond acceptors (Lipinski definition) is 6. The molecule has 13 heteroatoms. The Hall–Kier alpha value is -4.23. The van der Waals surface area contributed by atoms with Gasteiger partial charge in [-0.15, -0.1) is 18.3 Å². The number of amides is 1. The molecule has 3 aromatic carbocycles. The highest BCUT2D eigenvalue weighted by molar-refractivity contribution is 8.15. The van der Waals surface area contributed by atoms with Crippen LogP contribution in [0.2, 0.25) is 0 Å². The van der Waals surface area contributed by atoms with Gasteiger partial charge in [-0.3, -0.25) is 9.69 Å². The van der Waals surface area contributed by atoms with Crippen LogP contribution in [0.1, 0.15) is 23.6 Å². The van der Waals surface area contributed by atoms with Gasteiger partial charge >= 0.3 is 6.36 Å². The average Bonchev–Trinajstić information content (AvgIpc) is 3.59. The third-order valence-corrected chi connectivity index (χ3v) is 7.53. The second-order valence-electron chi connectivity index (χ2n) is 9.26. The normalized spacial score (nSPS) is 14.5. The largest absolute Gasteiger partial charge is 0.573 e. The molecule has 0 atom stereocenters. The Morgan fingerprint density at radius 1 is 1.12 bits per heavy atom. The molecule has 0 radical (unpaired) electrons. The fourth-order valence-corrected chi connectivity index (χ4v) is 5.46. The van der Waals surface area contributed by atoms with Crippen LogP contribution in [0.3, 0.4) is 0 Å². The van der Waals surface area contributed by atoms with Crippen molar-refractivity contribution < 1.29 is 22.7 Å². The van der Waals surface area contributed by atoms with E-state index in [2.05, 4.69) is 32.1 Å². The fraction of sp³-hybridized carbons (Fsp3) is 0.207. The van der Waals surface area contributed by atoms with Crippen LogP contribution >= 0.6 is 24.0 Å². The molecule has 5 rings (SSSR count). The van der Waals surface area contributed by atoms with Gasteiger partial charge in [-0.2, -0.15) is 4.99 Å². The molecule has 0 saturated carbocycles. The van der Waals surface area contributed by atoms with E-state index in [-0.39, 0.29) is 16.8 Å². The zero-order valence-corrected chi connectivity index (χ0v) is 24.2. The van der Waals surface area contributed by atoms with E-state index >= 15 is 0 Å². The van der Waals surface area contributed by atoms with Crippen LogP contribution in [0, 0.1) is 6.92 Å². The molecule has 0 unspecified atom stereocenters. The molecule has 0 aliphatic carbocycles. The minimum atomic E-state index is -4.75. The summed E-state index contributed by atoms with van der Waals surface area (Å²) in [6.07, 6.45) is -2.47. The zero-order valence-electron chi connectivity index (χ0n) is 22.6. The second-order valence-corrected chi connectivity index (χ2v) is 10.6. The SMILES string of the molecule is CCc1cccc(C)c1N1C(=O)CS/C1=N\C(=S)NCc1ccc(-c2ncn(-c3ccc(OC(F)(F)F)cc3)n2)cc1. The highest BCUT2D eigenvalue weighted by Gasteiger charge is 2.32. The smallest absolute Gasteiger partial charge is 0.406 e. The highest BCUT2D eigenvalue weighted by Crippen LogP contribution is 2.33. The lowest BCUT2D eigenvalue weighted by atomic mass is 10.0. The number of benzene rings is 3. The number of thioether (sulfide) groups is 1. The number of carbonyl (C=O) groups excluding carboxylic acids is 1. The number of para-hydroxylation sites is 1. The number of anilines is 1. The number of nitrogens with zero attached hydrogens (tertiary/aromatic N) is 5. The lowest BCUT2D eigenvalue weighted by Gasteiger charge is -2.22. The van der Waals surface area contributed by atoms with Crippen LogP contribution < -0.4 is 15.0 Å². The number of halogens is 3. The van der Waals surface area contributed by atoms with Gasteiger partial charge in [0.25, 0.3) is 0 Å². The summed E-state index contributed by atoms with van der Waals surface area (Å²) in [7, 11) is 0. The molecule has 4 aromatic rings. The number of rotatable bonds is 7. The van der Waals surface area contributed by atoms with Crippen LogP contribution in [0.15, 0.2) is 78.0 Å². The fourth-order valence-electron chi connectivity index (χ4n) is 4.39. The van der Waals surface area contributed by atoms with Crippen molar-refractivity contribution >= 4 is 45.9 Å². The number of alkyl halides is 3. The van der Waals surface area contributed by atoms with Crippen molar-refractivity contribution in [3.05, 3.63) is 89.7 Å². The van der Waals surface area contributed by atoms with Crippen molar-refractivity contribution in [3.63, 3.8) is 0 Å². The Labute approximate surface area is 249 Å². The number of amidine groups is 1. The number of hydrogen-bond donors (Lipinski definition) is 1. The minimum Gasteiger partial charge on any atom is -0.406 e. The maximum Gasteiger partial charge on any atom is 0.573 e. The van der Waals surface area contributed by atoms with E-state index in [9.17, 15) is 18.0 Å². The monoisotopic (exact) mass is 610 g/mol. The van der Waals surface area contributed by atoms with Gasteiger partial charge < -0.3 is 10.1 Å². The first-order valence-electron chi connectivity index (χ1n) is 12.9. The van der Waals surface area contributed by atoms with E-state index in [0.29, 0.717) is 29.0 Å². The Morgan fingerprint density at radius 2 is 1.86 bits per heavy atom. The summed E-state index contributed by atoms with van der Waals surface area (Å²) in [4.78, 5) is 23.3. The van der Waals surface area contributed by atoms with Crippen molar-refractivity contribution in [1.29, 1.82) is 0 Å². The molecule has 42 heavy (non-hydrogen) atoms. The molecule has 1 aliphatic heterocycles. The maximum atomic E-state index is 12.8. The van der Waals surface area contributed by atoms with Crippen molar-refractivity contribution in [1.82, 2.24) is 20.1 Å². The van der Waals surface area contributed by atoms with E-state index in [4.69, 9.17) is 12.2 Å². The summed E-state index contributed by atoms with van der Waals surface area (Å²) in [5, 5.41) is 8.40. The van der Waals surface area contributed by atoms with E-state index in [1.165, 1.54) is 47.0 Å². The molecular weight excluding hydrogens is 585 g/mol.